The SMILES string of the molecule is O=C(c1ccccc1F)N1CCN(c2ccc([N+](=O)[O-])c(NC3C4CC5CC(C4)CC3C5)c2)CC1. The Hall–Kier alpha value is -3.16. The van der Waals surface area contributed by atoms with Gasteiger partial charge in [-0.1, -0.05) is 12.1 Å². The number of carbonyl (C=O) groups excluding carboxylic acids is 1. The van der Waals surface area contributed by atoms with E-state index in [0.717, 1.165) is 17.5 Å². The Morgan fingerprint density at radius 3 is 2.23 bits per heavy atom. The molecule has 1 heterocycles. The van der Waals surface area contributed by atoms with E-state index in [2.05, 4.69) is 10.2 Å². The van der Waals surface area contributed by atoms with E-state index < -0.39 is 5.82 Å². The van der Waals surface area contributed by atoms with E-state index >= 15 is 0 Å². The van der Waals surface area contributed by atoms with E-state index in [4.69, 9.17) is 0 Å². The zero-order valence-electron chi connectivity index (χ0n) is 19.7. The molecule has 0 atom stereocenters. The second kappa shape index (κ2) is 8.81. The third-order valence-corrected chi connectivity index (χ3v) is 8.76. The smallest absolute Gasteiger partial charge is 0.292 e. The number of piperazine rings is 1. The minimum atomic E-state index is -0.504. The highest BCUT2D eigenvalue weighted by molar-refractivity contribution is 5.94. The van der Waals surface area contributed by atoms with E-state index in [0.29, 0.717) is 49.7 Å². The number of amides is 1. The van der Waals surface area contributed by atoms with Gasteiger partial charge < -0.3 is 15.1 Å². The molecule has 2 aromatic rings. The zero-order valence-corrected chi connectivity index (χ0v) is 19.7. The number of nitrogens with one attached hydrogen (secondary N) is 1. The van der Waals surface area contributed by atoms with Crippen LogP contribution in [0.2, 0.25) is 0 Å². The van der Waals surface area contributed by atoms with E-state index in [9.17, 15) is 19.3 Å². The first-order valence-electron chi connectivity index (χ1n) is 12.8. The molecule has 2 aromatic carbocycles. The molecule has 8 heteroatoms. The van der Waals surface area contributed by atoms with Gasteiger partial charge in [0.2, 0.25) is 0 Å². The van der Waals surface area contributed by atoms with Gasteiger partial charge in [-0.2, -0.15) is 0 Å². The highest BCUT2D eigenvalue weighted by Gasteiger charge is 2.48. The summed E-state index contributed by atoms with van der Waals surface area (Å²) in [7, 11) is 0. The topological polar surface area (TPSA) is 78.7 Å². The van der Waals surface area contributed by atoms with Gasteiger partial charge in [0, 0.05) is 44.0 Å². The number of anilines is 2. The minimum absolute atomic E-state index is 0.0958. The first-order chi connectivity index (χ1) is 17.0. The van der Waals surface area contributed by atoms with Crippen LogP contribution in [0, 0.1) is 39.6 Å². The van der Waals surface area contributed by atoms with E-state index in [1.54, 1.807) is 29.2 Å². The lowest BCUT2D eigenvalue weighted by Crippen LogP contribution is -2.51. The number of hydrogen-bond donors (Lipinski definition) is 1. The Labute approximate surface area is 204 Å². The van der Waals surface area contributed by atoms with Crippen molar-refractivity contribution >= 4 is 23.0 Å². The molecule has 0 aromatic heterocycles. The number of nitro benzene ring substituents is 1. The van der Waals surface area contributed by atoms with Crippen molar-refractivity contribution in [2.75, 3.05) is 36.4 Å². The summed E-state index contributed by atoms with van der Waals surface area (Å²) in [5.41, 5.74) is 1.74. The van der Waals surface area contributed by atoms with Crippen LogP contribution in [0.15, 0.2) is 42.5 Å². The molecule has 0 unspecified atom stereocenters. The molecule has 1 aliphatic heterocycles. The third kappa shape index (κ3) is 4.13. The van der Waals surface area contributed by atoms with Gasteiger partial charge in [0.25, 0.3) is 11.6 Å². The van der Waals surface area contributed by atoms with Crippen LogP contribution in [0.25, 0.3) is 0 Å². The predicted molar refractivity (Wildman–Crippen MR) is 132 cm³/mol. The number of benzene rings is 2. The summed E-state index contributed by atoms with van der Waals surface area (Å²) >= 11 is 0. The fourth-order valence-corrected chi connectivity index (χ4v) is 7.31. The Balaban J connectivity index is 1.17. The summed E-state index contributed by atoms with van der Waals surface area (Å²) in [5.74, 6) is 2.12. The van der Waals surface area contributed by atoms with Gasteiger partial charge in [0.05, 0.1) is 10.5 Å². The highest BCUT2D eigenvalue weighted by Crippen LogP contribution is 2.54. The van der Waals surface area contributed by atoms with Crippen LogP contribution < -0.4 is 10.2 Å². The molecule has 7 rings (SSSR count). The first-order valence-corrected chi connectivity index (χ1v) is 12.8. The van der Waals surface area contributed by atoms with Crippen molar-refractivity contribution in [1.82, 2.24) is 4.90 Å². The number of hydrogen-bond acceptors (Lipinski definition) is 5. The molecule has 4 saturated carbocycles. The van der Waals surface area contributed by atoms with E-state index in [1.807, 2.05) is 6.07 Å². The van der Waals surface area contributed by atoms with Gasteiger partial charge in [0.1, 0.15) is 11.5 Å². The lowest BCUT2D eigenvalue weighted by Gasteiger charge is -2.54. The van der Waals surface area contributed by atoms with Crippen molar-refractivity contribution in [3.8, 4) is 0 Å². The van der Waals surface area contributed by atoms with Gasteiger partial charge in [-0.3, -0.25) is 14.9 Å². The van der Waals surface area contributed by atoms with Crippen molar-refractivity contribution in [2.24, 2.45) is 23.7 Å². The van der Waals surface area contributed by atoms with Crippen LogP contribution in [0.5, 0.6) is 0 Å². The molecule has 5 fully saturated rings. The average Bonchev–Trinajstić information content (AvgIpc) is 2.85. The standard InChI is InChI=1S/C27H31FN4O3/c28-23-4-2-1-3-22(23)27(33)31-9-7-30(8-10-31)21-5-6-25(32(34)35)24(16-21)29-26-19-12-17-11-18(14-19)15-20(26)13-17/h1-6,16-20,26,29H,7-15H2. The molecule has 1 amide bonds. The molecule has 7 nitrogen and oxygen atoms in total. The molecular formula is C27H31FN4O3. The fourth-order valence-electron chi connectivity index (χ4n) is 7.31. The van der Waals surface area contributed by atoms with Gasteiger partial charge in [0.15, 0.2) is 0 Å². The Kier molecular flexibility index (Phi) is 5.61. The maximum atomic E-state index is 14.1. The quantitative estimate of drug-likeness (QED) is 0.487. The Morgan fingerprint density at radius 2 is 1.60 bits per heavy atom. The average molecular weight is 479 g/mol. The summed E-state index contributed by atoms with van der Waals surface area (Å²) < 4.78 is 14.1. The van der Waals surface area contributed by atoms with Crippen LogP contribution >= 0.6 is 0 Å². The van der Waals surface area contributed by atoms with E-state index in [-0.39, 0.29) is 22.1 Å². The van der Waals surface area contributed by atoms with Gasteiger partial charge >= 0.3 is 0 Å². The third-order valence-electron chi connectivity index (χ3n) is 8.76. The summed E-state index contributed by atoms with van der Waals surface area (Å²) in [6, 6.07) is 11.7. The molecule has 4 bridgehead atoms. The van der Waals surface area contributed by atoms with E-state index in [1.165, 1.54) is 44.2 Å². The van der Waals surface area contributed by atoms with Crippen LogP contribution in [-0.4, -0.2) is 48.0 Å². The molecule has 184 valence electrons. The van der Waals surface area contributed by atoms with Crippen molar-refractivity contribution in [1.29, 1.82) is 0 Å². The fraction of sp³-hybridized carbons (Fsp3) is 0.519. The minimum Gasteiger partial charge on any atom is -0.376 e. The molecule has 35 heavy (non-hydrogen) atoms. The van der Waals surface area contributed by atoms with Crippen LogP contribution in [-0.2, 0) is 0 Å². The van der Waals surface area contributed by atoms with Gasteiger partial charge in [-0.25, -0.2) is 4.39 Å². The zero-order chi connectivity index (χ0) is 24.1. The lowest BCUT2D eigenvalue weighted by molar-refractivity contribution is -0.384. The summed E-state index contributed by atoms with van der Waals surface area (Å²) in [4.78, 5) is 28.1. The predicted octanol–water partition coefficient (Wildman–Crippen LogP) is 4.93. The highest BCUT2D eigenvalue weighted by atomic mass is 19.1. The monoisotopic (exact) mass is 478 g/mol. The summed E-state index contributed by atoms with van der Waals surface area (Å²) in [6.45, 7) is 2.13. The molecule has 1 N–H and O–H groups in total. The maximum absolute atomic E-state index is 14.1. The number of rotatable bonds is 5. The van der Waals surface area contributed by atoms with Crippen molar-refractivity contribution in [2.45, 2.75) is 38.1 Å². The number of nitro groups is 1. The molecule has 0 radical (unpaired) electrons. The van der Waals surface area contributed by atoms with Crippen LogP contribution in [0.1, 0.15) is 42.5 Å². The number of halogens is 1. The van der Waals surface area contributed by atoms with Crippen molar-refractivity contribution < 1.29 is 14.1 Å². The first kappa shape index (κ1) is 22.3. The largest absolute Gasteiger partial charge is 0.376 e. The van der Waals surface area contributed by atoms with Crippen molar-refractivity contribution in [3.63, 3.8) is 0 Å². The Morgan fingerprint density at radius 1 is 0.943 bits per heavy atom. The number of carbonyl (C=O) groups is 1. The normalized spacial score (nSPS) is 29.3. The van der Waals surface area contributed by atoms with Crippen LogP contribution in [0.3, 0.4) is 0 Å². The van der Waals surface area contributed by atoms with Gasteiger partial charge in [-0.15, -0.1) is 0 Å². The van der Waals surface area contributed by atoms with Crippen molar-refractivity contribution in [3.05, 3.63) is 64.0 Å². The number of nitrogens with zero attached hydrogens (tertiary/aromatic N) is 3. The van der Waals surface area contributed by atoms with Crippen LogP contribution in [0.4, 0.5) is 21.5 Å². The maximum Gasteiger partial charge on any atom is 0.292 e. The second-order valence-corrected chi connectivity index (χ2v) is 10.8. The Bertz CT molecular complexity index is 1120. The molecular weight excluding hydrogens is 447 g/mol. The molecule has 0 spiro atoms. The molecule has 1 saturated heterocycles. The molecule has 5 aliphatic rings. The van der Waals surface area contributed by atoms with Gasteiger partial charge in [-0.05, 0) is 80.0 Å². The molecule has 4 aliphatic carbocycles. The lowest BCUT2D eigenvalue weighted by atomic mass is 9.54. The summed E-state index contributed by atoms with van der Waals surface area (Å²) in [6.07, 6.45) is 6.36. The second-order valence-electron chi connectivity index (χ2n) is 10.8. The summed E-state index contributed by atoms with van der Waals surface area (Å²) in [5, 5.41) is 15.4.